The number of ketones is 1. The average Bonchev–Trinajstić information content (AvgIpc) is 2.47. The molecule has 0 aliphatic heterocycles. The van der Waals surface area contributed by atoms with E-state index in [4.69, 9.17) is 9.47 Å². The number of hydrogen-bond acceptors (Lipinski definition) is 3. The number of hydrogen-bond donors (Lipinski definition) is 0. The second kappa shape index (κ2) is 6.35. The highest BCUT2D eigenvalue weighted by atomic mass is 19.1. The van der Waals surface area contributed by atoms with Gasteiger partial charge in [0.2, 0.25) is 0 Å². The van der Waals surface area contributed by atoms with Crippen LogP contribution in [0.15, 0.2) is 36.4 Å². The van der Waals surface area contributed by atoms with E-state index < -0.39 is 17.4 Å². The molecular formula is C16H14F2O3. The van der Waals surface area contributed by atoms with Crippen molar-refractivity contribution in [3.8, 4) is 11.5 Å². The third-order valence-corrected chi connectivity index (χ3v) is 3.06. The number of ether oxygens (including phenoxy) is 2. The van der Waals surface area contributed by atoms with Crippen molar-refractivity contribution in [2.24, 2.45) is 0 Å². The molecule has 0 aromatic heterocycles. The summed E-state index contributed by atoms with van der Waals surface area (Å²) in [6.45, 7) is 0. The normalized spacial score (nSPS) is 10.3. The van der Waals surface area contributed by atoms with Crippen LogP contribution in [-0.4, -0.2) is 20.0 Å². The Kier molecular flexibility index (Phi) is 4.52. The van der Waals surface area contributed by atoms with Crippen molar-refractivity contribution in [2.45, 2.75) is 6.42 Å². The van der Waals surface area contributed by atoms with Gasteiger partial charge in [-0.15, -0.1) is 0 Å². The Balaban J connectivity index is 2.20. The summed E-state index contributed by atoms with van der Waals surface area (Å²) in [5, 5.41) is 0. The lowest BCUT2D eigenvalue weighted by Crippen LogP contribution is -2.07. The number of carbonyl (C=O) groups is 1. The van der Waals surface area contributed by atoms with E-state index in [1.165, 1.54) is 38.5 Å². The summed E-state index contributed by atoms with van der Waals surface area (Å²) in [7, 11) is 2.77. The Morgan fingerprint density at radius 2 is 1.76 bits per heavy atom. The molecule has 2 aromatic carbocycles. The first kappa shape index (κ1) is 15.0. The van der Waals surface area contributed by atoms with E-state index in [2.05, 4.69) is 0 Å². The van der Waals surface area contributed by atoms with Crippen LogP contribution in [0.4, 0.5) is 8.78 Å². The van der Waals surface area contributed by atoms with Gasteiger partial charge in [-0.25, -0.2) is 8.78 Å². The van der Waals surface area contributed by atoms with Gasteiger partial charge in [0.05, 0.1) is 19.8 Å². The number of carbonyl (C=O) groups excluding carboxylic acids is 1. The minimum atomic E-state index is -0.659. The maximum atomic E-state index is 13.8. The van der Waals surface area contributed by atoms with E-state index in [1.807, 2.05) is 0 Å². The van der Waals surface area contributed by atoms with Crippen LogP contribution in [0.3, 0.4) is 0 Å². The Morgan fingerprint density at radius 3 is 2.33 bits per heavy atom. The van der Waals surface area contributed by atoms with Crippen LogP contribution in [0.2, 0.25) is 0 Å². The van der Waals surface area contributed by atoms with Crippen LogP contribution in [0, 0.1) is 11.6 Å². The predicted molar refractivity (Wildman–Crippen MR) is 73.9 cm³/mol. The highest BCUT2D eigenvalue weighted by Crippen LogP contribution is 2.21. The van der Waals surface area contributed by atoms with Crippen molar-refractivity contribution >= 4 is 5.78 Å². The summed E-state index contributed by atoms with van der Waals surface area (Å²) in [5.41, 5.74) is 0.403. The Morgan fingerprint density at radius 1 is 1.00 bits per heavy atom. The van der Waals surface area contributed by atoms with E-state index >= 15 is 0 Å². The molecule has 0 unspecified atom stereocenters. The molecule has 0 amide bonds. The largest absolute Gasteiger partial charge is 0.497 e. The highest BCUT2D eigenvalue weighted by molar-refractivity contribution is 5.97. The predicted octanol–water partition coefficient (Wildman–Crippen LogP) is 3.41. The third-order valence-electron chi connectivity index (χ3n) is 3.06. The first-order valence-electron chi connectivity index (χ1n) is 6.24. The third kappa shape index (κ3) is 3.37. The molecule has 0 aliphatic rings. The summed E-state index contributed by atoms with van der Waals surface area (Å²) in [4.78, 5) is 12.1. The number of rotatable bonds is 5. The van der Waals surface area contributed by atoms with Crippen LogP contribution in [0.25, 0.3) is 0 Å². The summed E-state index contributed by atoms with van der Waals surface area (Å²) >= 11 is 0. The maximum Gasteiger partial charge on any atom is 0.170 e. The van der Waals surface area contributed by atoms with Crippen molar-refractivity contribution in [2.75, 3.05) is 14.2 Å². The fourth-order valence-corrected chi connectivity index (χ4v) is 1.95. The van der Waals surface area contributed by atoms with Crippen LogP contribution >= 0.6 is 0 Å². The zero-order valence-corrected chi connectivity index (χ0v) is 11.7. The molecule has 0 fully saturated rings. The van der Waals surface area contributed by atoms with Crippen LogP contribution in [0.1, 0.15) is 15.9 Å². The van der Waals surface area contributed by atoms with Crippen molar-refractivity contribution in [3.05, 3.63) is 59.2 Å². The summed E-state index contributed by atoms with van der Waals surface area (Å²) in [6, 6.07) is 8.21. The van der Waals surface area contributed by atoms with Gasteiger partial charge in [0.25, 0.3) is 0 Å². The molecule has 3 nitrogen and oxygen atoms in total. The monoisotopic (exact) mass is 292 g/mol. The van der Waals surface area contributed by atoms with Crippen molar-refractivity contribution in [3.63, 3.8) is 0 Å². The molecule has 0 spiro atoms. The molecule has 110 valence electrons. The molecule has 2 aromatic rings. The molecule has 0 atom stereocenters. The zero-order chi connectivity index (χ0) is 15.4. The first-order chi connectivity index (χ1) is 10.0. The minimum absolute atomic E-state index is 0.0490. The van der Waals surface area contributed by atoms with Gasteiger partial charge in [-0.05, 0) is 29.8 Å². The van der Waals surface area contributed by atoms with Gasteiger partial charge < -0.3 is 9.47 Å². The maximum absolute atomic E-state index is 13.8. The highest BCUT2D eigenvalue weighted by Gasteiger charge is 2.14. The molecule has 0 radical (unpaired) electrons. The van der Waals surface area contributed by atoms with Crippen LogP contribution < -0.4 is 9.47 Å². The summed E-state index contributed by atoms with van der Waals surface area (Å²) < 4.78 is 37.0. The van der Waals surface area contributed by atoms with E-state index in [0.29, 0.717) is 11.3 Å². The Hall–Kier alpha value is -2.43. The van der Waals surface area contributed by atoms with Crippen LogP contribution in [0.5, 0.6) is 11.5 Å². The average molecular weight is 292 g/mol. The van der Waals surface area contributed by atoms with E-state index in [-0.39, 0.29) is 17.7 Å². The second-order valence-electron chi connectivity index (χ2n) is 4.41. The second-order valence-corrected chi connectivity index (χ2v) is 4.41. The van der Waals surface area contributed by atoms with Crippen molar-refractivity contribution in [1.29, 1.82) is 0 Å². The van der Waals surface area contributed by atoms with Crippen molar-refractivity contribution < 1.29 is 23.0 Å². The van der Waals surface area contributed by atoms with Gasteiger partial charge in [0.1, 0.15) is 11.6 Å². The molecular weight excluding hydrogens is 278 g/mol. The standard InChI is InChI=1S/C16H14F2O3/c1-20-11-4-5-12(13(17)9-11)15(19)8-10-3-6-16(21-2)14(18)7-10/h3-7,9H,8H2,1-2H3. The van der Waals surface area contributed by atoms with Gasteiger partial charge in [0.15, 0.2) is 17.3 Å². The fourth-order valence-electron chi connectivity index (χ4n) is 1.95. The van der Waals surface area contributed by atoms with Gasteiger partial charge in [-0.1, -0.05) is 6.07 Å². The number of halogens is 2. The van der Waals surface area contributed by atoms with Gasteiger partial charge in [-0.2, -0.15) is 0 Å². The molecule has 0 heterocycles. The summed E-state index contributed by atoms with van der Waals surface area (Å²) in [5.74, 6) is -1.22. The fraction of sp³-hybridized carbons (Fsp3) is 0.188. The first-order valence-corrected chi connectivity index (χ1v) is 6.24. The van der Waals surface area contributed by atoms with E-state index in [1.54, 1.807) is 6.07 Å². The molecule has 21 heavy (non-hydrogen) atoms. The quantitative estimate of drug-likeness (QED) is 0.792. The molecule has 0 saturated carbocycles. The Labute approximate surface area is 121 Å². The van der Waals surface area contributed by atoms with Gasteiger partial charge in [0, 0.05) is 12.5 Å². The Bertz CT molecular complexity index is 669. The van der Waals surface area contributed by atoms with Gasteiger partial charge >= 0.3 is 0 Å². The molecule has 0 bridgehead atoms. The number of benzene rings is 2. The smallest absolute Gasteiger partial charge is 0.170 e. The zero-order valence-electron chi connectivity index (χ0n) is 11.7. The lowest BCUT2D eigenvalue weighted by molar-refractivity contribution is 0.0989. The lowest BCUT2D eigenvalue weighted by atomic mass is 10.0. The number of Topliss-reactive ketones (excluding diaryl/α,β-unsaturated/α-hetero) is 1. The van der Waals surface area contributed by atoms with Crippen molar-refractivity contribution in [1.82, 2.24) is 0 Å². The molecule has 0 aliphatic carbocycles. The molecule has 0 saturated heterocycles. The topological polar surface area (TPSA) is 35.5 Å². The molecule has 5 heteroatoms. The minimum Gasteiger partial charge on any atom is -0.497 e. The van der Waals surface area contributed by atoms with Crippen LogP contribution in [-0.2, 0) is 6.42 Å². The van der Waals surface area contributed by atoms with E-state index in [9.17, 15) is 13.6 Å². The SMILES string of the molecule is COc1ccc(C(=O)Cc2ccc(OC)c(F)c2)c(F)c1. The lowest BCUT2D eigenvalue weighted by Gasteiger charge is -2.07. The molecule has 2 rings (SSSR count). The van der Waals surface area contributed by atoms with Gasteiger partial charge in [-0.3, -0.25) is 4.79 Å². The molecule has 0 N–H and O–H groups in total. The number of methoxy groups -OCH3 is 2. The van der Waals surface area contributed by atoms with E-state index in [0.717, 1.165) is 6.07 Å². The summed E-state index contributed by atoms with van der Waals surface area (Å²) in [6.07, 6.45) is -0.0931.